The number of terminal acetylenes is 1. The number of nitrogens with zero attached hydrogens (tertiary/aromatic N) is 3. The molecule has 20 heavy (non-hydrogen) atoms. The van der Waals surface area contributed by atoms with Crippen LogP contribution >= 0.6 is 22.9 Å². The molecule has 0 bridgehead atoms. The summed E-state index contributed by atoms with van der Waals surface area (Å²) in [6.45, 7) is 3.95. The summed E-state index contributed by atoms with van der Waals surface area (Å²) in [5.74, 6) is 2.38. The normalized spacial score (nSPS) is 11.9. The molecule has 2 rings (SSSR count). The van der Waals surface area contributed by atoms with Gasteiger partial charge in [-0.2, -0.15) is 5.10 Å². The number of nitrogens with one attached hydrogen (secondary N) is 1. The Morgan fingerprint density at radius 2 is 2.40 bits per heavy atom. The quantitative estimate of drug-likeness (QED) is 0.882. The van der Waals surface area contributed by atoms with Crippen molar-refractivity contribution in [2.24, 2.45) is 0 Å². The number of rotatable bonds is 4. The summed E-state index contributed by atoms with van der Waals surface area (Å²) >= 11 is 7.56. The molecule has 0 radical (unpaired) electrons. The molecule has 1 N–H and O–H groups in total. The van der Waals surface area contributed by atoms with E-state index in [0.717, 1.165) is 10.7 Å². The molecule has 0 saturated carbocycles. The molecular weight excluding hydrogens is 296 g/mol. The molecule has 0 aliphatic carbocycles. The van der Waals surface area contributed by atoms with Crippen LogP contribution in [0.5, 0.6) is 0 Å². The Bertz CT molecular complexity index is 716. The van der Waals surface area contributed by atoms with Gasteiger partial charge in [-0.05, 0) is 13.8 Å². The fraction of sp³-hybridized carbons (Fsp3) is 0.308. The largest absolute Gasteiger partial charge is 0.370 e. The molecule has 0 aliphatic heterocycles. The summed E-state index contributed by atoms with van der Waals surface area (Å²) in [7, 11) is 0. The van der Waals surface area contributed by atoms with Gasteiger partial charge >= 0.3 is 0 Å². The topological polar surface area (TPSA) is 59.8 Å². The third-order valence-corrected chi connectivity index (χ3v) is 4.04. The van der Waals surface area contributed by atoms with Gasteiger partial charge < -0.3 is 5.32 Å². The zero-order valence-electron chi connectivity index (χ0n) is 11.1. The fourth-order valence-electron chi connectivity index (χ4n) is 1.65. The lowest BCUT2D eigenvalue weighted by atomic mass is 10.3. The van der Waals surface area contributed by atoms with E-state index in [1.165, 1.54) is 22.2 Å². The Kier molecular flexibility index (Phi) is 4.42. The van der Waals surface area contributed by atoms with Crippen molar-refractivity contribution >= 4 is 28.6 Å². The lowest BCUT2D eigenvalue weighted by Gasteiger charge is -2.14. The molecule has 0 saturated heterocycles. The van der Waals surface area contributed by atoms with E-state index < -0.39 is 0 Å². The predicted octanol–water partition coefficient (Wildman–Crippen LogP) is 2.47. The second kappa shape index (κ2) is 6.07. The second-order valence-electron chi connectivity index (χ2n) is 4.23. The van der Waals surface area contributed by atoms with E-state index in [1.807, 2.05) is 19.2 Å². The van der Waals surface area contributed by atoms with Crippen molar-refractivity contribution in [2.45, 2.75) is 26.4 Å². The Morgan fingerprint density at radius 3 is 3.00 bits per heavy atom. The van der Waals surface area contributed by atoms with Gasteiger partial charge in [0.1, 0.15) is 17.2 Å². The maximum Gasteiger partial charge on any atom is 0.292 e. The maximum absolute atomic E-state index is 12.2. The molecule has 0 aliphatic rings. The van der Waals surface area contributed by atoms with Crippen LogP contribution in [0.25, 0.3) is 0 Å². The lowest BCUT2D eigenvalue weighted by molar-refractivity contribution is 0.662. The van der Waals surface area contributed by atoms with E-state index in [2.05, 4.69) is 21.3 Å². The Labute approximate surface area is 125 Å². The van der Waals surface area contributed by atoms with E-state index in [-0.39, 0.29) is 28.9 Å². The van der Waals surface area contributed by atoms with Crippen LogP contribution in [0.4, 0.5) is 5.69 Å². The van der Waals surface area contributed by atoms with Crippen LogP contribution < -0.4 is 10.9 Å². The first-order valence-corrected chi connectivity index (χ1v) is 7.16. The average molecular weight is 309 g/mol. The van der Waals surface area contributed by atoms with Gasteiger partial charge in [0.25, 0.3) is 5.56 Å². The van der Waals surface area contributed by atoms with Gasteiger partial charge in [0.05, 0.1) is 17.3 Å². The molecule has 2 aromatic rings. The predicted molar refractivity (Wildman–Crippen MR) is 81.2 cm³/mol. The highest BCUT2D eigenvalue weighted by molar-refractivity contribution is 7.09. The number of thiazole rings is 1. The zero-order chi connectivity index (χ0) is 14.7. The van der Waals surface area contributed by atoms with Crippen LogP contribution in [0.15, 0.2) is 16.4 Å². The van der Waals surface area contributed by atoms with E-state index in [4.69, 9.17) is 18.0 Å². The number of anilines is 1. The standard InChI is InChI=1S/C13H13ClN4OS/c1-4-5-18-13(19)11(10(14)6-15-18)17-9(3)12-16-8(2)7-20-12/h1,6-7,9,17H,5H2,2-3H3. The van der Waals surface area contributed by atoms with E-state index >= 15 is 0 Å². The lowest BCUT2D eigenvalue weighted by Crippen LogP contribution is -2.26. The summed E-state index contributed by atoms with van der Waals surface area (Å²) in [5.41, 5.74) is 0.900. The molecule has 2 heterocycles. The first-order chi connectivity index (χ1) is 9.52. The summed E-state index contributed by atoms with van der Waals surface area (Å²) in [6.07, 6.45) is 6.61. The zero-order valence-corrected chi connectivity index (χ0v) is 12.6. The van der Waals surface area contributed by atoms with Crippen LogP contribution in [0.1, 0.15) is 23.7 Å². The molecule has 5 nitrogen and oxygen atoms in total. The summed E-state index contributed by atoms with van der Waals surface area (Å²) in [5, 5.41) is 10.1. The van der Waals surface area contributed by atoms with Crippen molar-refractivity contribution in [1.82, 2.24) is 14.8 Å². The van der Waals surface area contributed by atoms with Crippen LogP contribution in [0.2, 0.25) is 5.02 Å². The molecule has 1 atom stereocenters. The summed E-state index contributed by atoms with van der Waals surface area (Å²) in [4.78, 5) is 16.6. The number of hydrogen-bond acceptors (Lipinski definition) is 5. The minimum Gasteiger partial charge on any atom is -0.370 e. The average Bonchev–Trinajstić information content (AvgIpc) is 2.84. The van der Waals surface area contributed by atoms with Gasteiger partial charge in [0.2, 0.25) is 0 Å². The Hall–Kier alpha value is -1.84. The summed E-state index contributed by atoms with van der Waals surface area (Å²) in [6, 6.07) is -0.124. The number of aryl methyl sites for hydroxylation is 1. The molecule has 0 amide bonds. The Balaban J connectivity index is 2.31. The SMILES string of the molecule is C#CCn1ncc(Cl)c(NC(C)c2nc(C)cs2)c1=O. The third kappa shape index (κ3) is 3.00. The van der Waals surface area contributed by atoms with Gasteiger partial charge in [0, 0.05) is 11.1 Å². The first kappa shape index (κ1) is 14.6. The number of aromatic nitrogens is 3. The highest BCUT2D eigenvalue weighted by atomic mass is 35.5. The smallest absolute Gasteiger partial charge is 0.292 e. The monoisotopic (exact) mass is 308 g/mol. The summed E-state index contributed by atoms with van der Waals surface area (Å²) < 4.78 is 1.19. The van der Waals surface area contributed by atoms with Gasteiger partial charge in [0.15, 0.2) is 0 Å². The fourth-order valence-corrected chi connectivity index (χ4v) is 2.63. The van der Waals surface area contributed by atoms with Crippen LogP contribution in [0.3, 0.4) is 0 Å². The van der Waals surface area contributed by atoms with E-state index in [9.17, 15) is 4.79 Å². The van der Waals surface area contributed by atoms with Gasteiger partial charge in [-0.25, -0.2) is 9.67 Å². The number of halogens is 1. The van der Waals surface area contributed by atoms with Crippen molar-refractivity contribution in [2.75, 3.05) is 5.32 Å². The minimum absolute atomic E-state index is 0.107. The van der Waals surface area contributed by atoms with Crippen LogP contribution in [-0.4, -0.2) is 14.8 Å². The maximum atomic E-state index is 12.2. The molecule has 1 unspecified atom stereocenters. The van der Waals surface area contributed by atoms with E-state index in [0.29, 0.717) is 0 Å². The second-order valence-corrected chi connectivity index (χ2v) is 5.52. The number of hydrogen-bond donors (Lipinski definition) is 1. The van der Waals surface area contributed by atoms with Gasteiger partial charge in [-0.3, -0.25) is 4.79 Å². The molecule has 7 heteroatoms. The van der Waals surface area contributed by atoms with Crippen LogP contribution in [-0.2, 0) is 6.54 Å². The highest BCUT2D eigenvalue weighted by Gasteiger charge is 2.15. The molecule has 104 valence electrons. The molecular formula is C13H13ClN4OS. The van der Waals surface area contributed by atoms with Gasteiger partial charge in [-0.15, -0.1) is 17.8 Å². The van der Waals surface area contributed by atoms with Crippen molar-refractivity contribution in [3.8, 4) is 12.3 Å². The van der Waals surface area contributed by atoms with E-state index in [1.54, 1.807) is 0 Å². The van der Waals surface area contributed by atoms with Crippen LogP contribution in [0, 0.1) is 19.3 Å². The molecule has 2 aromatic heterocycles. The van der Waals surface area contributed by atoms with Crippen molar-refractivity contribution in [3.05, 3.63) is 37.7 Å². The van der Waals surface area contributed by atoms with Gasteiger partial charge in [-0.1, -0.05) is 17.5 Å². The molecule has 0 spiro atoms. The van der Waals surface area contributed by atoms with Crippen molar-refractivity contribution in [1.29, 1.82) is 0 Å². The third-order valence-electron chi connectivity index (χ3n) is 2.61. The van der Waals surface area contributed by atoms with Crippen molar-refractivity contribution in [3.63, 3.8) is 0 Å². The highest BCUT2D eigenvalue weighted by Crippen LogP contribution is 2.24. The van der Waals surface area contributed by atoms with Crippen molar-refractivity contribution < 1.29 is 0 Å². The molecule has 0 fully saturated rings. The molecule has 0 aromatic carbocycles. The first-order valence-electron chi connectivity index (χ1n) is 5.90. The Morgan fingerprint density at radius 1 is 1.65 bits per heavy atom. The minimum atomic E-state index is -0.337.